The Kier molecular flexibility index (Phi) is 32.3. The van der Waals surface area contributed by atoms with E-state index in [4.69, 9.17) is 14.9 Å². The van der Waals surface area contributed by atoms with Crippen molar-refractivity contribution in [1.82, 2.24) is 0 Å². The van der Waals surface area contributed by atoms with Crippen molar-refractivity contribution in [3.8, 4) is 0 Å². The largest absolute Gasteiger partial charge is 0.481 e. The average Bonchev–Trinajstić information content (AvgIpc) is 2.98. The Hall–Kier alpha value is -2.12. The van der Waals surface area contributed by atoms with Gasteiger partial charge < -0.3 is 20.1 Å². The maximum atomic E-state index is 12.1. The van der Waals surface area contributed by atoms with Crippen molar-refractivity contribution in [1.29, 1.82) is 0 Å². The molecule has 44 heavy (non-hydrogen) atoms. The number of hydrogen-bond donors (Lipinski definition) is 3. The van der Waals surface area contributed by atoms with Crippen LogP contribution in [0, 0.1) is 5.41 Å². The maximum Gasteiger partial charge on any atom is 0.309 e. The van der Waals surface area contributed by atoms with Gasteiger partial charge in [0.1, 0.15) is 0 Å². The van der Waals surface area contributed by atoms with Gasteiger partial charge in [-0.2, -0.15) is 0 Å². The molecule has 0 aromatic rings. The molecule has 0 aromatic heterocycles. The van der Waals surface area contributed by atoms with E-state index in [9.17, 15) is 24.3 Å². The number of esters is 1. The molecule has 0 bridgehead atoms. The van der Waals surface area contributed by atoms with Gasteiger partial charge in [-0.25, -0.2) is 0 Å². The van der Waals surface area contributed by atoms with Crippen LogP contribution in [0.5, 0.6) is 0 Å². The molecule has 0 saturated heterocycles. The van der Waals surface area contributed by atoms with Crippen molar-refractivity contribution >= 4 is 23.9 Å². The van der Waals surface area contributed by atoms with E-state index >= 15 is 0 Å². The first-order chi connectivity index (χ1) is 21.1. The molecule has 3 N–H and O–H groups in total. The Labute approximate surface area is 269 Å². The second-order valence-corrected chi connectivity index (χ2v) is 12.5. The summed E-state index contributed by atoms with van der Waals surface area (Å²) in [5.41, 5.74) is -0.717. The Balaban J connectivity index is 0. The number of ether oxygens (including phenoxy) is 1. The number of hydrogen-bond acceptors (Lipinski definition) is 5. The number of carboxylic acids is 3. The van der Waals surface area contributed by atoms with Gasteiger partial charge in [-0.1, -0.05) is 130 Å². The van der Waals surface area contributed by atoms with E-state index in [1.807, 2.05) is 0 Å². The molecule has 0 heterocycles. The quantitative estimate of drug-likeness (QED) is 0.0509. The molecule has 8 heteroatoms. The third kappa shape index (κ3) is 29.9. The zero-order valence-electron chi connectivity index (χ0n) is 28.7. The van der Waals surface area contributed by atoms with E-state index in [0.717, 1.165) is 38.5 Å². The molecule has 0 radical (unpaired) electrons. The lowest BCUT2D eigenvalue weighted by Gasteiger charge is -2.30. The SMILES string of the molecule is CCCCCCCCC(CCCCCCCC)(CCCC(=O)O)C(=O)O.CCCCCCCCOC(=O)CCCCC(=O)O. The second kappa shape index (κ2) is 32.3. The van der Waals surface area contributed by atoms with E-state index < -0.39 is 23.3 Å². The van der Waals surface area contributed by atoms with Crippen LogP contribution in [0.2, 0.25) is 0 Å². The zero-order chi connectivity index (χ0) is 33.3. The lowest BCUT2D eigenvalue weighted by atomic mass is 9.74. The van der Waals surface area contributed by atoms with Gasteiger partial charge in [0.15, 0.2) is 0 Å². The molecule has 0 atom stereocenters. The maximum absolute atomic E-state index is 12.1. The summed E-state index contributed by atoms with van der Waals surface area (Å²) in [4.78, 5) is 44.4. The van der Waals surface area contributed by atoms with Crippen LogP contribution in [0.1, 0.15) is 194 Å². The Bertz CT molecular complexity index is 690. The Morgan fingerprint density at radius 2 is 0.818 bits per heavy atom. The topological polar surface area (TPSA) is 138 Å². The number of carboxylic acid groups (broad SMARTS) is 3. The van der Waals surface area contributed by atoms with Crippen LogP contribution in [-0.4, -0.2) is 45.8 Å². The van der Waals surface area contributed by atoms with Crippen LogP contribution in [0.3, 0.4) is 0 Å². The summed E-state index contributed by atoms with van der Waals surface area (Å²) in [7, 11) is 0. The first kappa shape index (κ1) is 44.0. The number of aliphatic carboxylic acids is 3. The van der Waals surface area contributed by atoms with Crippen molar-refractivity contribution < 1.29 is 39.2 Å². The first-order valence-corrected chi connectivity index (χ1v) is 18.0. The summed E-state index contributed by atoms with van der Waals surface area (Å²) >= 11 is 0. The van der Waals surface area contributed by atoms with Gasteiger partial charge in [-0.05, 0) is 44.9 Å². The molecule has 0 aromatic carbocycles. The smallest absolute Gasteiger partial charge is 0.309 e. The van der Waals surface area contributed by atoms with Gasteiger partial charge >= 0.3 is 23.9 Å². The van der Waals surface area contributed by atoms with Gasteiger partial charge in [0.05, 0.1) is 12.0 Å². The molecule has 0 spiro atoms. The monoisotopic (exact) mass is 628 g/mol. The molecule has 0 unspecified atom stereocenters. The molecular weight excluding hydrogens is 560 g/mol. The van der Waals surface area contributed by atoms with Gasteiger partial charge in [-0.3, -0.25) is 19.2 Å². The zero-order valence-corrected chi connectivity index (χ0v) is 28.7. The predicted octanol–water partition coefficient (Wildman–Crippen LogP) is 10.3. The molecule has 0 rings (SSSR count). The molecule has 0 aliphatic heterocycles. The van der Waals surface area contributed by atoms with Crippen molar-refractivity contribution in [3.05, 3.63) is 0 Å². The molecular formula is C36H68O8. The van der Waals surface area contributed by atoms with Gasteiger partial charge in [0.2, 0.25) is 0 Å². The highest BCUT2D eigenvalue weighted by atomic mass is 16.5. The van der Waals surface area contributed by atoms with Crippen LogP contribution in [-0.2, 0) is 23.9 Å². The van der Waals surface area contributed by atoms with Crippen LogP contribution in [0.15, 0.2) is 0 Å². The molecule has 0 aliphatic carbocycles. The number of carbonyl (C=O) groups is 4. The highest BCUT2D eigenvalue weighted by Gasteiger charge is 2.36. The lowest BCUT2D eigenvalue weighted by molar-refractivity contribution is -0.151. The second-order valence-electron chi connectivity index (χ2n) is 12.5. The Morgan fingerprint density at radius 1 is 0.455 bits per heavy atom. The van der Waals surface area contributed by atoms with Gasteiger partial charge in [0.25, 0.3) is 0 Å². The average molecular weight is 629 g/mol. The van der Waals surface area contributed by atoms with Gasteiger partial charge in [-0.15, -0.1) is 0 Å². The first-order valence-electron chi connectivity index (χ1n) is 18.0. The molecule has 0 aliphatic rings. The van der Waals surface area contributed by atoms with E-state index in [-0.39, 0.29) is 18.8 Å². The minimum absolute atomic E-state index is 0.0715. The van der Waals surface area contributed by atoms with Crippen molar-refractivity contribution in [2.45, 2.75) is 194 Å². The summed E-state index contributed by atoms with van der Waals surface area (Å²) in [5.74, 6) is -2.56. The van der Waals surface area contributed by atoms with Crippen LogP contribution in [0.25, 0.3) is 0 Å². The fourth-order valence-corrected chi connectivity index (χ4v) is 5.45. The summed E-state index contributed by atoms with van der Waals surface area (Å²) < 4.78 is 5.07. The van der Waals surface area contributed by atoms with E-state index in [1.54, 1.807) is 0 Å². The van der Waals surface area contributed by atoms with Gasteiger partial charge in [0, 0.05) is 19.3 Å². The predicted molar refractivity (Wildman–Crippen MR) is 178 cm³/mol. The molecule has 8 nitrogen and oxygen atoms in total. The molecule has 260 valence electrons. The van der Waals surface area contributed by atoms with Crippen molar-refractivity contribution in [2.75, 3.05) is 6.61 Å². The van der Waals surface area contributed by atoms with Crippen LogP contribution < -0.4 is 0 Å². The molecule has 0 amide bonds. The van der Waals surface area contributed by atoms with E-state index in [1.165, 1.54) is 77.0 Å². The van der Waals surface area contributed by atoms with Crippen molar-refractivity contribution in [3.63, 3.8) is 0 Å². The highest BCUT2D eigenvalue weighted by molar-refractivity contribution is 5.74. The van der Waals surface area contributed by atoms with Crippen molar-refractivity contribution in [2.24, 2.45) is 5.41 Å². The summed E-state index contributed by atoms with van der Waals surface area (Å²) in [6.45, 7) is 7.08. The fraction of sp³-hybridized carbons (Fsp3) is 0.889. The number of carbonyl (C=O) groups excluding carboxylic acids is 1. The number of rotatable bonds is 31. The number of unbranched alkanes of at least 4 members (excludes halogenated alkanes) is 16. The minimum atomic E-state index is -0.830. The standard InChI is InChI=1S/C22H42O4.C14H26O4/c1-3-5-7-9-11-13-17-22(21(25)26,19-15-16-20(23)24)18-14-12-10-8-6-4-2;1-2-3-4-5-6-9-12-18-14(17)11-8-7-10-13(15)16/h3-19H2,1-2H3,(H,23,24)(H,25,26);2-12H2,1H3,(H,15,16). The molecule has 0 fully saturated rings. The third-order valence-electron chi connectivity index (χ3n) is 8.30. The third-order valence-corrected chi connectivity index (χ3v) is 8.30. The summed E-state index contributed by atoms with van der Waals surface area (Å²) in [5, 5.41) is 27.2. The molecule has 0 saturated carbocycles. The highest BCUT2D eigenvalue weighted by Crippen LogP contribution is 2.37. The fourth-order valence-electron chi connectivity index (χ4n) is 5.45. The van der Waals surface area contributed by atoms with E-state index in [2.05, 4.69) is 20.8 Å². The van der Waals surface area contributed by atoms with E-state index in [0.29, 0.717) is 51.6 Å². The lowest BCUT2D eigenvalue weighted by Crippen LogP contribution is -2.31. The van der Waals surface area contributed by atoms with Crippen LogP contribution >= 0.6 is 0 Å². The Morgan fingerprint density at radius 3 is 1.25 bits per heavy atom. The van der Waals surface area contributed by atoms with Crippen LogP contribution in [0.4, 0.5) is 0 Å². The minimum Gasteiger partial charge on any atom is -0.481 e. The summed E-state index contributed by atoms with van der Waals surface area (Å²) in [6, 6.07) is 0. The summed E-state index contributed by atoms with van der Waals surface area (Å²) in [6.07, 6.45) is 24.9. The normalized spacial score (nSPS) is 11.1.